The van der Waals surface area contributed by atoms with Crippen LogP contribution in [-0.2, 0) is 17.8 Å². The first-order chi connectivity index (χ1) is 32.1. The minimum Gasteiger partial charge on any atom is -0.495 e. The lowest BCUT2D eigenvalue weighted by Gasteiger charge is -2.32. The Balaban J connectivity index is 0.771. The minimum atomic E-state index is -0.542. The third-order valence-electron chi connectivity index (χ3n) is 12.6. The molecule has 0 atom stereocenters. The Kier molecular flexibility index (Phi) is 13.1. The zero-order chi connectivity index (χ0) is 45.7. The Hall–Kier alpha value is -7.10. The highest BCUT2D eigenvalue weighted by Crippen LogP contribution is 2.34. The predicted octanol–water partition coefficient (Wildman–Crippen LogP) is 7.53. The van der Waals surface area contributed by atoms with Crippen molar-refractivity contribution >= 4 is 57.9 Å². The molecular weight excluding hydrogens is 860 g/mol. The number of hydrogen-bond acceptors (Lipinski definition) is 10. The van der Waals surface area contributed by atoms with Gasteiger partial charge in [-0.15, -0.1) is 0 Å². The molecule has 6 aromatic rings. The zero-order valence-electron chi connectivity index (χ0n) is 36.5. The van der Waals surface area contributed by atoms with Crippen molar-refractivity contribution in [2.24, 2.45) is 5.92 Å². The second kappa shape index (κ2) is 19.6. The van der Waals surface area contributed by atoms with Gasteiger partial charge in [-0.1, -0.05) is 41.9 Å². The van der Waals surface area contributed by atoms with E-state index in [0.29, 0.717) is 102 Å². The summed E-state index contributed by atoms with van der Waals surface area (Å²) in [5, 5.41) is 3.29. The number of ketones is 1. The molecule has 2 aromatic heterocycles. The number of methoxy groups -OCH3 is 1. The molecule has 338 valence electrons. The minimum absolute atomic E-state index is 0.0000282. The monoisotopic (exact) mass is 908 g/mol. The molecular formula is C50H49ClN8O7. The van der Waals surface area contributed by atoms with E-state index in [1.54, 1.807) is 42.6 Å². The first-order valence-corrected chi connectivity index (χ1v) is 22.6. The van der Waals surface area contributed by atoms with Crippen LogP contribution in [0.3, 0.4) is 0 Å². The van der Waals surface area contributed by atoms with Crippen molar-refractivity contribution < 1.29 is 33.4 Å². The van der Waals surface area contributed by atoms with Crippen LogP contribution >= 0.6 is 11.6 Å². The van der Waals surface area contributed by atoms with Gasteiger partial charge >= 0.3 is 6.03 Å². The number of urea groups is 1. The summed E-state index contributed by atoms with van der Waals surface area (Å²) < 4.78 is 11.4. The van der Waals surface area contributed by atoms with Crippen molar-refractivity contribution in [2.75, 3.05) is 57.8 Å². The van der Waals surface area contributed by atoms with Crippen molar-refractivity contribution in [3.05, 3.63) is 142 Å². The van der Waals surface area contributed by atoms with Gasteiger partial charge in [-0.25, -0.2) is 14.8 Å². The number of aromatic nitrogens is 3. The van der Waals surface area contributed by atoms with Crippen molar-refractivity contribution in [1.29, 1.82) is 0 Å². The van der Waals surface area contributed by atoms with Crippen molar-refractivity contribution in [3.63, 3.8) is 0 Å². The molecule has 3 aliphatic rings. The molecule has 3 saturated heterocycles. The molecule has 4 aromatic carbocycles. The number of amides is 5. The van der Waals surface area contributed by atoms with E-state index in [4.69, 9.17) is 21.1 Å². The van der Waals surface area contributed by atoms with E-state index >= 15 is 0 Å². The molecule has 66 heavy (non-hydrogen) atoms. The van der Waals surface area contributed by atoms with E-state index in [-0.39, 0.29) is 47.4 Å². The number of carbonyl (C=O) groups is 5. The molecule has 15 nitrogen and oxygen atoms in total. The van der Waals surface area contributed by atoms with Gasteiger partial charge in [-0.05, 0) is 91.8 Å². The highest BCUT2D eigenvalue weighted by Gasteiger charge is 2.30. The maximum Gasteiger partial charge on any atom is 0.328 e. The second-order valence-corrected chi connectivity index (χ2v) is 17.2. The first kappa shape index (κ1) is 44.1. The molecule has 5 amide bonds. The molecule has 9 rings (SSSR count). The number of benzene rings is 4. The van der Waals surface area contributed by atoms with Crippen LogP contribution in [0.25, 0.3) is 11.0 Å². The SMILES string of the molecule is COc1ccc(C(=O)N2CCCN(Cc3ccc(C(=O)N4CCC(Cc5ncnc6[nH]cc(C(=O)c7ccc(Oc8ccccc8)cc7Cl)c56)CC4)cc3)CC2)cc1N1CCC(=O)NC1=O. The van der Waals surface area contributed by atoms with Crippen LogP contribution < -0.4 is 19.7 Å². The van der Waals surface area contributed by atoms with E-state index in [9.17, 15) is 24.0 Å². The lowest BCUT2D eigenvalue weighted by atomic mass is 9.90. The number of fused-ring (bicyclic) bond motifs is 1. The summed E-state index contributed by atoms with van der Waals surface area (Å²) in [7, 11) is 1.50. The third-order valence-corrected chi connectivity index (χ3v) is 12.9. The Bertz CT molecular complexity index is 2790. The van der Waals surface area contributed by atoms with Gasteiger partial charge in [0.15, 0.2) is 5.78 Å². The summed E-state index contributed by atoms with van der Waals surface area (Å²) in [5.74, 6) is 1.19. The van der Waals surface area contributed by atoms with Gasteiger partial charge in [0.1, 0.15) is 29.2 Å². The molecule has 3 fully saturated rings. The molecule has 16 heteroatoms. The number of rotatable bonds is 12. The van der Waals surface area contributed by atoms with Crippen LogP contribution in [0, 0.1) is 5.92 Å². The fourth-order valence-electron chi connectivity index (χ4n) is 9.02. The number of nitrogens with zero attached hydrogens (tertiary/aromatic N) is 6. The fraction of sp³-hybridized carbons (Fsp3) is 0.300. The largest absolute Gasteiger partial charge is 0.495 e. The van der Waals surface area contributed by atoms with E-state index < -0.39 is 6.03 Å². The molecule has 3 aliphatic heterocycles. The van der Waals surface area contributed by atoms with Gasteiger partial charge in [0, 0.05) is 87.7 Å². The van der Waals surface area contributed by atoms with Gasteiger partial charge in [-0.2, -0.15) is 0 Å². The number of H-pyrrole nitrogens is 1. The summed E-state index contributed by atoms with van der Waals surface area (Å²) in [4.78, 5) is 85.3. The van der Waals surface area contributed by atoms with Gasteiger partial charge in [0.05, 0.1) is 34.5 Å². The summed E-state index contributed by atoms with van der Waals surface area (Å²) in [6, 6.07) is 26.7. The van der Waals surface area contributed by atoms with Crippen LogP contribution in [0.2, 0.25) is 5.02 Å². The van der Waals surface area contributed by atoms with Gasteiger partial charge in [0.2, 0.25) is 5.91 Å². The summed E-state index contributed by atoms with van der Waals surface area (Å²) >= 11 is 6.65. The lowest BCUT2D eigenvalue weighted by Crippen LogP contribution is -2.49. The topological polar surface area (TPSA) is 170 Å². The van der Waals surface area contributed by atoms with Gasteiger partial charge < -0.3 is 24.3 Å². The Labute approximate surface area is 386 Å². The number of imide groups is 1. The predicted molar refractivity (Wildman–Crippen MR) is 248 cm³/mol. The average Bonchev–Trinajstić information content (AvgIpc) is 3.64. The van der Waals surface area contributed by atoms with Crippen LogP contribution in [0.5, 0.6) is 17.2 Å². The number of carbonyl (C=O) groups excluding carboxylic acids is 5. The number of para-hydroxylation sites is 1. The molecule has 0 spiro atoms. The number of likely N-dealkylation sites (tertiary alicyclic amines) is 1. The normalized spacial score (nSPS) is 16.2. The first-order valence-electron chi connectivity index (χ1n) is 22.2. The molecule has 0 saturated carbocycles. The van der Waals surface area contributed by atoms with Crippen LogP contribution in [0.4, 0.5) is 10.5 Å². The standard InChI is InChI=1S/C50H49ClN8O7/c1-65-43-15-12-35(27-42(43)59-23-18-44(60)55-50(59)64)49(63)57-20-5-19-56(24-25-57)30-33-8-10-34(11-9-33)48(62)58-21-16-32(17-22-58)26-41-45-39(29-52-47(45)54-31-53-41)46(61)38-14-13-37(28-40(38)51)66-36-6-3-2-4-7-36/h2-4,6-15,27-29,31-32H,5,16-26,30H2,1H3,(H,52,53,54)(H,55,60,64). The summed E-state index contributed by atoms with van der Waals surface area (Å²) in [6.07, 6.45) is 6.36. The molecule has 5 heterocycles. The molecule has 2 N–H and O–H groups in total. The smallest absolute Gasteiger partial charge is 0.328 e. The lowest BCUT2D eigenvalue weighted by molar-refractivity contribution is -0.120. The highest BCUT2D eigenvalue weighted by molar-refractivity contribution is 6.35. The number of halogens is 1. The number of anilines is 1. The number of ether oxygens (including phenoxy) is 2. The van der Waals surface area contributed by atoms with Gasteiger partial charge in [-0.3, -0.25) is 34.3 Å². The Morgan fingerprint density at radius 1 is 0.773 bits per heavy atom. The van der Waals surface area contributed by atoms with Crippen LogP contribution in [0.1, 0.15) is 73.6 Å². The maximum absolute atomic E-state index is 13.9. The number of piperidine rings is 1. The summed E-state index contributed by atoms with van der Waals surface area (Å²) in [5.41, 5.74) is 4.78. The molecule has 0 bridgehead atoms. The van der Waals surface area contributed by atoms with E-state index in [0.717, 1.165) is 37.1 Å². The highest BCUT2D eigenvalue weighted by atomic mass is 35.5. The van der Waals surface area contributed by atoms with E-state index in [2.05, 4.69) is 25.2 Å². The van der Waals surface area contributed by atoms with Crippen molar-refractivity contribution in [2.45, 2.75) is 38.6 Å². The van der Waals surface area contributed by atoms with Crippen LogP contribution in [-0.4, -0.2) is 112 Å². The molecule has 0 radical (unpaired) electrons. The quantitative estimate of drug-likeness (QED) is 0.117. The molecule has 0 aliphatic carbocycles. The number of nitrogens with one attached hydrogen (secondary N) is 2. The van der Waals surface area contributed by atoms with Gasteiger partial charge in [0.25, 0.3) is 11.8 Å². The zero-order valence-corrected chi connectivity index (χ0v) is 37.3. The molecule has 0 unspecified atom stereocenters. The third kappa shape index (κ3) is 9.63. The van der Waals surface area contributed by atoms with Crippen LogP contribution in [0.15, 0.2) is 104 Å². The number of aromatic amines is 1. The maximum atomic E-state index is 13.9. The second-order valence-electron chi connectivity index (χ2n) is 16.8. The van der Waals surface area contributed by atoms with Crippen molar-refractivity contribution in [3.8, 4) is 17.2 Å². The van der Waals surface area contributed by atoms with E-state index in [1.165, 1.54) is 18.3 Å². The summed E-state index contributed by atoms with van der Waals surface area (Å²) in [6.45, 7) is 4.72. The van der Waals surface area contributed by atoms with E-state index in [1.807, 2.05) is 64.4 Å². The number of hydrogen-bond donors (Lipinski definition) is 2. The Morgan fingerprint density at radius 2 is 1.53 bits per heavy atom. The Morgan fingerprint density at radius 3 is 2.29 bits per heavy atom. The fourth-order valence-corrected chi connectivity index (χ4v) is 9.28. The average molecular weight is 909 g/mol. The van der Waals surface area contributed by atoms with Crippen molar-refractivity contribution in [1.82, 2.24) is 35.0 Å².